The number of ether oxygens (including phenoxy) is 2. The van der Waals surface area contributed by atoms with Crippen molar-refractivity contribution in [3.8, 4) is 0 Å². The molecular weight excluding hydrogens is 646 g/mol. The van der Waals surface area contributed by atoms with Crippen LogP contribution in [0.25, 0.3) is 0 Å². The van der Waals surface area contributed by atoms with E-state index in [-0.39, 0.29) is 12.5 Å². The normalized spacial score (nSPS) is 22.1. The van der Waals surface area contributed by atoms with Gasteiger partial charge in [-0.05, 0) is 38.5 Å². The van der Waals surface area contributed by atoms with Gasteiger partial charge in [0, 0.05) is 6.42 Å². The summed E-state index contributed by atoms with van der Waals surface area (Å²) in [5.74, 6) is -0.153. The van der Waals surface area contributed by atoms with Crippen LogP contribution in [0.2, 0.25) is 0 Å². The van der Waals surface area contributed by atoms with E-state index in [1.165, 1.54) is 116 Å². The summed E-state index contributed by atoms with van der Waals surface area (Å²) in [6.07, 6.45) is 29.2. The zero-order chi connectivity index (χ0) is 37.4. The average molecular weight is 728 g/mol. The SMILES string of the molecule is CCCCCCCC/C=C\CCCCCCCC(=O)N[C@@H](COC1O[C@H](CO)[C@H](O)[C@H](O)[C@H]1O)[C@H](O)CCCCCCCCCCCCCCC. The van der Waals surface area contributed by atoms with Gasteiger partial charge in [0.1, 0.15) is 24.4 Å². The minimum Gasteiger partial charge on any atom is -0.394 e. The molecule has 0 aromatic carbocycles. The standard InChI is InChI=1S/C42H81NO8/c1-3-5-7-9-11-13-15-17-18-20-22-24-26-28-30-32-38(46)43-35(34-50-42-41(49)40(48)39(47)37(33-44)51-42)36(45)31-29-27-25-23-21-19-16-14-12-10-8-6-4-2/h17-18,35-37,39-42,44-45,47-49H,3-16,19-34H2,1-2H3,(H,43,46)/b18-17-/t35-,36+,37+,39-,40-,41+,42?/m0/s1. The van der Waals surface area contributed by atoms with E-state index in [0.717, 1.165) is 51.4 Å². The van der Waals surface area contributed by atoms with Crippen LogP contribution in [0.3, 0.4) is 0 Å². The van der Waals surface area contributed by atoms with E-state index in [2.05, 4.69) is 31.3 Å². The predicted octanol–water partition coefficient (Wildman–Crippen LogP) is 8.17. The summed E-state index contributed by atoms with van der Waals surface area (Å²) in [6.45, 7) is 3.81. The first-order chi connectivity index (χ1) is 24.8. The largest absolute Gasteiger partial charge is 0.394 e. The molecule has 9 heteroatoms. The van der Waals surface area contributed by atoms with Crippen molar-refractivity contribution in [2.45, 2.75) is 236 Å². The highest BCUT2D eigenvalue weighted by Crippen LogP contribution is 2.23. The van der Waals surface area contributed by atoms with Gasteiger partial charge in [-0.2, -0.15) is 0 Å². The van der Waals surface area contributed by atoms with E-state index in [0.29, 0.717) is 12.8 Å². The van der Waals surface area contributed by atoms with Crippen molar-refractivity contribution in [3.63, 3.8) is 0 Å². The lowest BCUT2D eigenvalue weighted by Crippen LogP contribution is -2.60. The first-order valence-corrected chi connectivity index (χ1v) is 21.4. The monoisotopic (exact) mass is 728 g/mol. The van der Waals surface area contributed by atoms with E-state index < -0.39 is 49.5 Å². The molecule has 0 aliphatic carbocycles. The van der Waals surface area contributed by atoms with Gasteiger partial charge < -0.3 is 40.3 Å². The number of hydrogen-bond acceptors (Lipinski definition) is 8. The van der Waals surface area contributed by atoms with Crippen LogP contribution in [0.1, 0.15) is 194 Å². The molecule has 1 aliphatic heterocycles. The lowest BCUT2D eigenvalue weighted by atomic mass is 9.99. The quantitative estimate of drug-likeness (QED) is 0.0283. The Kier molecular flexibility index (Phi) is 31.5. The number of hydrogen-bond donors (Lipinski definition) is 6. The Morgan fingerprint density at radius 3 is 1.59 bits per heavy atom. The van der Waals surface area contributed by atoms with Crippen LogP contribution in [-0.4, -0.2) is 87.5 Å². The molecule has 0 saturated carbocycles. The number of nitrogens with one attached hydrogen (secondary N) is 1. The van der Waals surface area contributed by atoms with Gasteiger partial charge in [-0.1, -0.05) is 161 Å². The summed E-state index contributed by atoms with van der Waals surface area (Å²) in [6, 6.07) is -0.717. The minimum atomic E-state index is -1.55. The van der Waals surface area contributed by atoms with Gasteiger partial charge in [0.2, 0.25) is 5.91 Å². The topological polar surface area (TPSA) is 149 Å². The molecule has 0 radical (unpaired) electrons. The van der Waals surface area contributed by atoms with Crippen LogP contribution in [-0.2, 0) is 14.3 Å². The molecule has 1 aliphatic rings. The maximum absolute atomic E-state index is 12.9. The molecule has 9 nitrogen and oxygen atoms in total. The lowest BCUT2D eigenvalue weighted by Gasteiger charge is -2.40. The van der Waals surface area contributed by atoms with Crippen molar-refractivity contribution in [1.82, 2.24) is 5.32 Å². The Morgan fingerprint density at radius 2 is 1.10 bits per heavy atom. The smallest absolute Gasteiger partial charge is 0.220 e. The van der Waals surface area contributed by atoms with Crippen molar-refractivity contribution in [2.75, 3.05) is 13.2 Å². The van der Waals surface area contributed by atoms with Crippen LogP contribution in [0.15, 0.2) is 12.2 Å². The van der Waals surface area contributed by atoms with Crippen LogP contribution in [0.5, 0.6) is 0 Å². The van der Waals surface area contributed by atoms with Gasteiger partial charge in [0.15, 0.2) is 6.29 Å². The first-order valence-electron chi connectivity index (χ1n) is 21.4. The number of aliphatic hydroxyl groups excluding tert-OH is 5. The summed E-state index contributed by atoms with van der Waals surface area (Å²) < 4.78 is 11.2. The van der Waals surface area contributed by atoms with E-state index in [4.69, 9.17) is 9.47 Å². The summed E-state index contributed by atoms with van der Waals surface area (Å²) >= 11 is 0. The molecule has 0 spiro atoms. The second-order valence-electron chi connectivity index (χ2n) is 15.1. The molecule has 1 rings (SSSR count). The van der Waals surface area contributed by atoms with E-state index in [1.54, 1.807) is 0 Å². The van der Waals surface area contributed by atoms with Gasteiger partial charge in [0.25, 0.3) is 0 Å². The molecule has 1 heterocycles. The third-order valence-electron chi connectivity index (χ3n) is 10.4. The molecule has 1 fully saturated rings. The average Bonchev–Trinajstić information content (AvgIpc) is 3.13. The number of carbonyl (C=O) groups is 1. The lowest BCUT2D eigenvalue weighted by molar-refractivity contribution is -0.302. The zero-order valence-electron chi connectivity index (χ0n) is 32.9. The van der Waals surface area contributed by atoms with E-state index >= 15 is 0 Å². The molecule has 0 aromatic heterocycles. The van der Waals surface area contributed by atoms with Gasteiger partial charge in [0.05, 0.1) is 25.4 Å². The summed E-state index contributed by atoms with van der Waals surface area (Å²) in [7, 11) is 0. The molecule has 7 atom stereocenters. The molecule has 6 N–H and O–H groups in total. The van der Waals surface area contributed by atoms with Crippen molar-refractivity contribution >= 4 is 5.91 Å². The molecule has 51 heavy (non-hydrogen) atoms. The Balaban J connectivity index is 2.38. The molecule has 1 unspecified atom stereocenters. The van der Waals surface area contributed by atoms with E-state index in [1.807, 2.05) is 0 Å². The molecular formula is C42H81NO8. The number of amides is 1. The fourth-order valence-corrected chi connectivity index (χ4v) is 6.86. The Morgan fingerprint density at radius 1 is 0.647 bits per heavy atom. The maximum Gasteiger partial charge on any atom is 0.220 e. The van der Waals surface area contributed by atoms with Gasteiger partial charge in [-0.15, -0.1) is 0 Å². The van der Waals surface area contributed by atoms with Crippen LogP contribution in [0, 0.1) is 0 Å². The highest BCUT2D eigenvalue weighted by molar-refractivity contribution is 5.76. The summed E-state index contributed by atoms with van der Waals surface area (Å²) in [4.78, 5) is 12.9. The summed E-state index contributed by atoms with van der Waals surface area (Å²) in [5, 5.41) is 54.2. The van der Waals surface area contributed by atoms with Crippen LogP contribution >= 0.6 is 0 Å². The minimum absolute atomic E-state index is 0.138. The fourth-order valence-electron chi connectivity index (χ4n) is 6.86. The fraction of sp³-hybridized carbons (Fsp3) is 0.929. The highest BCUT2D eigenvalue weighted by atomic mass is 16.7. The zero-order valence-corrected chi connectivity index (χ0v) is 32.9. The molecule has 0 aromatic rings. The molecule has 1 amide bonds. The molecule has 0 bridgehead atoms. The van der Waals surface area contributed by atoms with Crippen molar-refractivity contribution in [3.05, 3.63) is 12.2 Å². The number of unbranched alkanes of at least 4 members (excludes halogenated alkanes) is 23. The highest BCUT2D eigenvalue weighted by Gasteiger charge is 2.44. The number of carbonyl (C=O) groups excluding carboxylic acids is 1. The van der Waals surface area contributed by atoms with Crippen molar-refractivity contribution in [1.29, 1.82) is 0 Å². The molecule has 302 valence electrons. The Bertz CT molecular complexity index is 812. The maximum atomic E-state index is 12.9. The second-order valence-corrected chi connectivity index (χ2v) is 15.1. The number of allylic oxidation sites excluding steroid dienone is 2. The Labute approximate surface area is 312 Å². The third-order valence-corrected chi connectivity index (χ3v) is 10.4. The predicted molar refractivity (Wildman–Crippen MR) is 207 cm³/mol. The molecule has 1 saturated heterocycles. The van der Waals surface area contributed by atoms with Gasteiger partial charge in [-0.3, -0.25) is 4.79 Å². The number of aliphatic hydroxyl groups is 5. The van der Waals surface area contributed by atoms with Crippen molar-refractivity contribution in [2.24, 2.45) is 0 Å². The number of rotatable bonds is 35. The first kappa shape index (κ1) is 48.0. The van der Waals surface area contributed by atoms with Gasteiger partial charge >= 0.3 is 0 Å². The van der Waals surface area contributed by atoms with Crippen LogP contribution in [0.4, 0.5) is 0 Å². The second kappa shape index (κ2) is 33.5. The van der Waals surface area contributed by atoms with Gasteiger partial charge in [-0.25, -0.2) is 0 Å². The van der Waals surface area contributed by atoms with Crippen LogP contribution < -0.4 is 5.32 Å². The Hall–Kier alpha value is -1.07. The van der Waals surface area contributed by atoms with Crippen molar-refractivity contribution < 1.29 is 39.8 Å². The van der Waals surface area contributed by atoms with E-state index in [9.17, 15) is 30.3 Å². The third kappa shape index (κ3) is 24.8. The summed E-state index contributed by atoms with van der Waals surface area (Å²) in [5.41, 5.74) is 0.